The SMILES string of the molecule is CC(=O)NC1C(O)O[C@H](CO)[C@@H](O[C@@H]2O[C@H](CO)[C@@H](O[C@@H]3O[C@H](CO)[C@@H](O[C@H]4O[C@H](CO)[C@@H](O)[C@H](O)[C@H]4[N+](C)(C)C)[C@H](O)[C@H]3NC(C)=O)[C@H](O)[C@H]2NC(C)=O)[C@@H]1O. The second-order valence-electron chi connectivity index (χ2n) is 15.5. The Balaban J connectivity index is 1.62. The Morgan fingerprint density at radius 1 is 0.491 bits per heavy atom. The molecule has 4 fully saturated rings. The Bertz CT molecular complexity index is 1350. The summed E-state index contributed by atoms with van der Waals surface area (Å²) >= 11 is 0. The van der Waals surface area contributed by atoms with Gasteiger partial charge >= 0.3 is 0 Å². The normalized spacial score (nSPS) is 44.2. The molecular weight excluding hydrogens is 772 g/mol. The van der Waals surface area contributed by atoms with Gasteiger partial charge < -0.3 is 105 Å². The Labute approximate surface area is 327 Å². The monoisotopic (exact) mass is 831 g/mol. The summed E-state index contributed by atoms with van der Waals surface area (Å²) in [5.41, 5.74) is 0. The van der Waals surface area contributed by atoms with Gasteiger partial charge in [0.2, 0.25) is 24.0 Å². The Kier molecular flexibility index (Phi) is 16.5. The minimum Gasteiger partial charge on any atom is -0.394 e. The predicted octanol–water partition coefficient (Wildman–Crippen LogP) is -8.60. The van der Waals surface area contributed by atoms with Crippen molar-refractivity contribution in [3.63, 3.8) is 0 Å². The molecule has 13 N–H and O–H groups in total. The fourth-order valence-electron chi connectivity index (χ4n) is 7.59. The van der Waals surface area contributed by atoms with Crippen LogP contribution < -0.4 is 16.0 Å². The van der Waals surface area contributed by atoms with Crippen LogP contribution in [0.25, 0.3) is 0 Å². The summed E-state index contributed by atoms with van der Waals surface area (Å²) in [4.78, 5) is 36.6. The Hall–Kier alpha value is -2.31. The fourth-order valence-corrected chi connectivity index (χ4v) is 7.59. The second-order valence-corrected chi connectivity index (χ2v) is 15.5. The lowest BCUT2D eigenvalue weighted by Gasteiger charge is -2.51. The number of aliphatic hydroxyl groups excluding tert-OH is 10. The molecule has 0 radical (unpaired) electrons. The van der Waals surface area contributed by atoms with E-state index in [1.54, 1.807) is 21.1 Å². The lowest BCUT2D eigenvalue weighted by atomic mass is 9.92. The summed E-state index contributed by atoms with van der Waals surface area (Å²) < 4.78 is 41.2. The van der Waals surface area contributed by atoms with Crippen molar-refractivity contribution in [2.75, 3.05) is 47.6 Å². The van der Waals surface area contributed by atoms with Gasteiger partial charge in [-0.2, -0.15) is 0 Å². The van der Waals surface area contributed by atoms with Crippen LogP contribution in [-0.4, -0.2) is 243 Å². The van der Waals surface area contributed by atoms with Gasteiger partial charge in [0, 0.05) is 20.8 Å². The number of carbonyl (C=O) groups excluding carboxylic acids is 3. The first-order valence-corrected chi connectivity index (χ1v) is 18.4. The van der Waals surface area contributed by atoms with Crippen LogP contribution in [0.2, 0.25) is 0 Å². The van der Waals surface area contributed by atoms with Gasteiger partial charge in [0.05, 0.1) is 47.6 Å². The molecule has 20 atom stereocenters. The average Bonchev–Trinajstić information content (AvgIpc) is 3.12. The topological polar surface area (TPSA) is 354 Å². The maximum Gasteiger partial charge on any atom is 0.217 e. The molecule has 4 aliphatic heterocycles. The third-order valence-corrected chi connectivity index (χ3v) is 10.3. The number of hydrogen-bond donors (Lipinski definition) is 13. The quantitative estimate of drug-likeness (QED) is 0.0723. The van der Waals surface area contributed by atoms with Gasteiger partial charge in [0.15, 0.2) is 24.9 Å². The summed E-state index contributed by atoms with van der Waals surface area (Å²) in [5.74, 6) is -2.07. The van der Waals surface area contributed by atoms with Crippen molar-refractivity contribution in [2.24, 2.45) is 0 Å². The number of aliphatic hydroxyl groups is 10. The maximum absolute atomic E-state index is 12.5. The standard InChI is InChI=1S/C33H58N4O20/c1-11(42)34-18-23(46)27(15(8-39)51-30(18)50)55-31-19(35-12(2)43)24(47)28(16(9-40)53-31)56-32-20(36-13(3)44)25(48)29(17(10-41)54-32)57-33-21(37(4,5)6)26(49)22(45)14(7-38)52-33/h14-33,38-41,45-50H,7-10H2,1-6H3,(H2-,34,35,36,42,43,44)/p+1/t14-,15-,16-,17-,18?,19-,20-,21-,22-,23-,24-,25-,26-,27-,28-,29-,30?,31+,32+,33-/m1/s1. The summed E-state index contributed by atoms with van der Waals surface area (Å²) in [6.07, 6.45) is -25.5. The number of carbonyl (C=O) groups is 3. The van der Waals surface area contributed by atoms with Crippen molar-refractivity contribution in [1.29, 1.82) is 0 Å². The van der Waals surface area contributed by atoms with E-state index >= 15 is 0 Å². The van der Waals surface area contributed by atoms with E-state index in [0.29, 0.717) is 0 Å². The van der Waals surface area contributed by atoms with E-state index < -0.39 is 167 Å². The molecule has 0 aromatic heterocycles. The van der Waals surface area contributed by atoms with Crippen LogP contribution in [0.4, 0.5) is 0 Å². The van der Waals surface area contributed by atoms with Crippen LogP contribution in [-0.2, 0) is 47.5 Å². The lowest BCUT2D eigenvalue weighted by molar-refractivity contribution is -0.910. The van der Waals surface area contributed by atoms with Crippen molar-refractivity contribution < 1.29 is 103 Å². The smallest absolute Gasteiger partial charge is 0.217 e. The van der Waals surface area contributed by atoms with Crippen LogP contribution in [0.5, 0.6) is 0 Å². The van der Waals surface area contributed by atoms with Gasteiger partial charge in [-0.05, 0) is 0 Å². The van der Waals surface area contributed by atoms with E-state index in [4.69, 9.17) is 33.2 Å². The highest BCUT2D eigenvalue weighted by atomic mass is 16.8. The summed E-state index contributed by atoms with van der Waals surface area (Å²) in [6, 6.07) is -5.57. The number of nitrogens with zero attached hydrogens (tertiary/aromatic N) is 1. The van der Waals surface area contributed by atoms with Gasteiger partial charge in [-0.1, -0.05) is 0 Å². The Morgan fingerprint density at radius 2 is 0.825 bits per heavy atom. The number of nitrogens with one attached hydrogen (secondary N) is 3. The highest BCUT2D eigenvalue weighted by Crippen LogP contribution is 2.35. The number of hydrogen-bond acceptors (Lipinski definition) is 20. The first-order valence-electron chi connectivity index (χ1n) is 18.4. The molecule has 330 valence electrons. The van der Waals surface area contributed by atoms with E-state index in [0.717, 1.165) is 20.8 Å². The van der Waals surface area contributed by atoms with Crippen LogP contribution in [0.15, 0.2) is 0 Å². The van der Waals surface area contributed by atoms with E-state index in [2.05, 4.69) is 16.0 Å². The molecule has 0 saturated carbocycles. The summed E-state index contributed by atoms with van der Waals surface area (Å²) in [7, 11) is 5.01. The van der Waals surface area contributed by atoms with Gasteiger partial charge in [-0.25, -0.2) is 0 Å². The number of ether oxygens (including phenoxy) is 7. The molecular formula is C33H59N4O20+. The first kappa shape index (κ1) is 47.4. The van der Waals surface area contributed by atoms with E-state index in [1.807, 2.05) is 0 Å². The molecule has 0 spiro atoms. The summed E-state index contributed by atoms with van der Waals surface area (Å²) in [6.45, 7) is 0.0746. The van der Waals surface area contributed by atoms with Crippen LogP contribution in [0.1, 0.15) is 20.8 Å². The molecule has 2 unspecified atom stereocenters. The van der Waals surface area contributed by atoms with Crippen LogP contribution in [0, 0.1) is 0 Å². The molecule has 0 aliphatic carbocycles. The van der Waals surface area contributed by atoms with Crippen molar-refractivity contribution in [1.82, 2.24) is 16.0 Å². The van der Waals surface area contributed by atoms with Crippen molar-refractivity contribution in [3.05, 3.63) is 0 Å². The fraction of sp³-hybridized carbons (Fsp3) is 0.909. The zero-order valence-electron chi connectivity index (χ0n) is 32.4. The van der Waals surface area contributed by atoms with E-state index in [9.17, 15) is 65.4 Å². The van der Waals surface area contributed by atoms with E-state index in [1.165, 1.54) is 0 Å². The molecule has 0 aromatic rings. The maximum atomic E-state index is 12.5. The van der Waals surface area contributed by atoms with Gasteiger partial charge in [0.1, 0.15) is 91.4 Å². The van der Waals surface area contributed by atoms with Gasteiger partial charge in [-0.3, -0.25) is 14.4 Å². The third-order valence-electron chi connectivity index (χ3n) is 10.3. The molecule has 3 amide bonds. The minimum atomic E-state index is -1.86. The first-order chi connectivity index (χ1) is 26.7. The third kappa shape index (κ3) is 10.7. The number of rotatable bonds is 14. The number of likely N-dealkylation sites (N-methyl/N-ethyl adjacent to an activating group) is 1. The lowest BCUT2D eigenvalue weighted by Crippen LogP contribution is -2.72. The van der Waals surface area contributed by atoms with Crippen molar-refractivity contribution in [3.8, 4) is 0 Å². The van der Waals surface area contributed by atoms with Gasteiger partial charge in [0.25, 0.3) is 0 Å². The van der Waals surface area contributed by atoms with Crippen molar-refractivity contribution >= 4 is 17.7 Å². The second kappa shape index (κ2) is 19.8. The highest BCUT2D eigenvalue weighted by molar-refractivity contribution is 5.74. The van der Waals surface area contributed by atoms with Crippen LogP contribution >= 0.6 is 0 Å². The zero-order valence-corrected chi connectivity index (χ0v) is 32.4. The zero-order chi connectivity index (χ0) is 42.7. The van der Waals surface area contributed by atoms with E-state index in [-0.39, 0.29) is 4.48 Å². The molecule has 4 aliphatic rings. The molecule has 24 heteroatoms. The average molecular weight is 832 g/mol. The molecule has 4 rings (SSSR count). The van der Waals surface area contributed by atoms with Crippen molar-refractivity contribution in [2.45, 2.75) is 143 Å². The minimum absolute atomic E-state index is 0.0388. The molecule has 57 heavy (non-hydrogen) atoms. The molecule has 4 heterocycles. The molecule has 0 aromatic carbocycles. The molecule has 0 bridgehead atoms. The molecule has 4 saturated heterocycles. The highest BCUT2D eigenvalue weighted by Gasteiger charge is 2.57. The number of amides is 3. The summed E-state index contributed by atoms with van der Waals surface area (Å²) in [5, 5.41) is 114. The predicted molar refractivity (Wildman–Crippen MR) is 184 cm³/mol. The van der Waals surface area contributed by atoms with Gasteiger partial charge in [-0.15, -0.1) is 0 Å². The largest absolute Gasteiger partial charge is 0.394 e. The number of quaternary nitrogens is 1. The molecule has 24 nitrogen and oxygen atoms in total. The van der Waals surface area contributed by atoms with Crippen LogP contribution in [0.3, 0.4) is 0 Å². The Morgan fingerprint density at radius 3 is 1.19 bits per heavy atom.